The van der Waals surface area contributed by atoms with Crippen LogP contribution in [0.2, 0.25) is 0 Å². The maximum atomic E-state index is 8.96. The van der Waals surface area contributed by atoms with Gasteiger partial charge < -0.3 is 4.74 Å². The van der Waals surface area contributed by atoms with Gasteiger partial charge in [-0.1, -0.05) is 29.3 Å². The molecule has 1 aliphatic rings. The summed E-state index contributed by atoms with van der Waals surface area (Å²) >= 11 is 3.42. The van der Waals surface area contributed by atoms with Crippen LogP contribution < -0.4 is 4.74 Å². The summed E-state index contributed by atoms with van der Waals surface area (Å²) in [6, 6.07) is 7.74. The number of hydrogen-bond acceptors (Lipinski definition) is 2. The fraction of sp³-hybridized carbons (Fsp3) is 0.533. The van der Waals surface area contributed by atoms with Crippen LogP contribution in [0.1, 0.15) is 44.6 Å². The largest absolute Gasteiger partial charge is 0.490 e. The molecule has 0 aliphatic heterocycles. The number of nitriles is 1. The van der Waals surface area contributed by atoms with Gasteiger partial charge in [-0.25, -0.2) is 0 Å². The third kappa shape index (κ3) is 3.26. The summed E-state index contributed by atoms with van der Waals surface area (Å²) < 4.78 is 7.00. The molecule has 18 heavy (non-hydrogen) atoms. The molecule has 1 aromatic carbocycles. The van der Waals surface area contributed by atoms with E-state index in [1.807, 2.05) is 18.2 Å². The molecule has 0 radical (unpaired) electrons. The van der Waals surface area contributed by atoms with E-state index in [1.54, 1.807) is 0 Å². The number of nitrogens with zero attached hydrogens (tertiary/aromatic N) is 1. The fourth-order valence-electron chi connectivity index (χ4n) is 2.67. The molecule has 1 aromatic rings. The van der Waals surface area contributed by atoms with Crippen molar-refractivity contribution in [1.82, 2.24) is 0 Å². The molecule has 2 unspecified atom stereocenters. The Labute approximate surface area is 117 Å². The Balaban J connectivity index is 2.12. The van der Waals surface area contributed by atoms with E-state index in [1.165, 1.54) is 25.7 Å². The number of rotatable bonds is 3. The number of hydrogen-bond donors (Lipinski definition) is 0. The first-order valence-corrected chi connectivity index (χ1v) is 7.39. The molecule has 0 N–H and O–H groups in total. The van der Waals surface area contributed by atoms with Gasteiger partial charge in [0, 0.05) is 4.47 Å². The van der Waals surface area contributed by atoms with Crippen molar-refractivity contribution in [3.05, 3.63) is 28.2 Å². The second-order valence-corrected chi connectivity index (χ2v) is 5.81. The zero-order valence-corrected chi connectivity index (χ0v) is 12.2. The van der Waals surface area contributed by atoms with Crippen molar-refractivity contribution in [3.8, 4) is 11.8 Å². The summed E-state index contributed by atoms with van der Waals surface area (Å²) in [6.07, 6.45) is 6.45. The van der Waals surface area contributed by atoms with Crippen molar-refractivity contribution < 1.29 is 4.74 Å². The van der Waals surface area contributed by atoms with Crippen molar-refractivity contribution in [2.75, 3.05) is 0 Å². The molecule has 2 nitrogen and oxygen atoms in total. The molecule has 1 saturated carbocycles. The highest BCUT2D eigenvalue weighted by molar-refractivity contribution is 9.10. The molecule has 0 spiro atoms. The van der Waals surface area contributed by atoms with Gasteiger partial charge >= 0.3 is 0 Å². The first-order chi connectivity index (χ1) is 8.72. The Kier molecular flexibility index (Phi) is 4.66. The quantitative estimate of drug-likeness (QED) is 0.813. The van der Waals surface area contributed by atoms with Gasteiger partial charge in [-0.05, 0) is 49.8 Å². The summed E-state index contributed by atoms with van der Waals surface area (Å²) in [7, 11) is 0. The lowest BCUT2D eigenvalue weighted by Crippen LogP contribution is -2.29. The van der Waals surface area contributed by atoms with Crippen LogP contribution in [0, 0.1) is 17.2 Å². The number of halogens is 1. The fourth-order valence-corrected chi connectivity index (χ4v) is 3.14. The summed E-state index contributed by atoms with van der Waals surface area (Å²) in [6.45, 7) is 2.23. The Morgan fingerprint density at radius 2 is 2.11 bits per heavy atom. The molecule has 0 bridgehead atoms. The molecule has 0 aromatic heterocycles. The zero-order valence-electron chi connectivity index (χ0n) is 10.7. The van der Waals surface area contributed by atoms with E-state index < -0.39 is 0 Å². The third-order valence-corrected chi connectivity index (χ3v) is 4.11. The van der Waals surface area contributed by atoms with Gasteiger partial charge in [0.25, 0.3) is 0 Å². The maximum Gasteiger partial charge on any atom is 0.122 e. The van der Waals surface area contributed by atoms with Crippen molar-refractivity contribution in [1.29, 1.82) is 5.26 Å². The minimum atomic E-state index is 0.310. The van der Waals surface area contributed by atoms with E-state index in [2.05, 4.69) is 28.9 Å². The topological polar surface area (TPSA) is 33.0 Å². The van der Waals surface area contributed by atoms with Gasteiger partial charge in [-0.15, -0.1) is 0 Å². The van der Waals surface area contributed by atoms with Crippen molar-refractivity contribution in [3.63, 3.8) is 0 Å². The highest BCUT2D eigenvalue weighted by Crippen LogP contribution is 2.31. The van der Waals surface area contributed by atoms with Crippen LogP contribution in [0.5, 0.6) is 5.75 Å². The van der Waals surface area contributed by atoms with Crippen LogP contribution in [-0.2, 0) is 0 Å². The monoisotopic (exact) mass is 307 g/mol. The molecule has 3 heteroatoms. The second-order valence-electron chi connectivity index (χ2n) is 4.90. The van der Waals surface area contributed by atoms with Crippen LogP contribution in [0.15, 0.2) is 22.7 Å². The highest BCUT2D eigenvalue weighted by atomic mass is 79.9. The summed E-state index contributed by atoms with van der Waals surface area (Å²) in [5, 5.41) is 8.96. The molecule has 0 amide bonds. The van der Waals surface area contributed by atoms with E-state index in [4.69, 9.17) is 10.00 Å². The van der Waals surface area contributed by atoms with Crippen LogP contribution in [0.4, 0.5) is 0 Å². The van der Waals surface area contributed by atoms with Gasteiger partial charge in [0.1, 0.15) is 11.9 Å². The normalized spacial score (nSPS) is 23.4. The van der Waals surface area contributed by atoms with Gasteiger partial charge in [-0.3, -0.25) is 0 Å². The molecule has 1 fully saturated rings. The summed E-state index contributed by atoms with van der Waals surface area (Å²) in [4.78, 5) is 0. The smallest absolute Gasteiger partial charge is 0.122 e. The Hall–Kier alpha value is -1.01. The molecule has 96 valence electrons. The van der Waals surface area contributed by atoms with Crippen molar-refractivity contribution in [2.24, 2.45) is 5.92 Å². The minimum Gasteiger partial charge on any atom is -0.490 e. The van der Waals surface area contributed by atoms with Crippen molar-refractivity contribution in [2.45, 2.75) is 45.1 Å². The Morgan fingerprint density at radius 3 is 2.83 bits per heavy atom. The highest BCUT2D eigenvalue weighted by Gasteiger charge is 2.25. The van der Waals surface area contributed by atoms with E-state index in [-0.39, 0.29) is 0 Å². The van der Waals surface area contributed by atoms with Gasteiger partial charge in [0.15, 0.2) is 0 Å². The lowest BCUT2D eigenvalue weighted by molar-refractivity contribution is 0.0903. The average Bonchev–Trinajstić information content (AvgIpc) is 2.38. The number of ether oxygens (including phenoxy) is 1. The first-order valence-electron chi connectivity index (χ1n) is 6.60. The molecule has 0 heterocycles. The lowest BCUT2D eigenvalue weighted by atomic mass is 9.85. The Morgan fingerprint density at radius 1 is 1.33 bits per heavy atom. The predicted octanol–water partition coefficient (Wildman–Crippen LogP) is 4.67. The predicted molar refractivity (Wildman–Crippen MR) is 75.5 cm³/mol. The molecular weight excluding hydrogens is 290 g/mol. The van der Waals surface area contributed by atoms with Crippen LogP contribution >= 0.6 is 15.9 Å². The standard InChI is InChI=1S/C15H18BrNO/c1-2-12-5-3-4-6-15(12)18-14-8-11(10-17)7-13(16)9-14/h7-9,12,15H,2-6H2,1H3. The van der Waals surface area contributed by atoms with Gasteiger partial charge in [0.2, 0.25) is 0 Å². The van der Waals surface area contributed by atoms with Crippen molar-refractivity contribution >= 4 is 15.9 Å². The van der Waals surface area contributed by atoms with Crippen LogP contribution in [-0.4, -0.2) is 6.10 Å². The third-order valence-electron chi connectivity index (χ3n) is 3.65. The van der Waals surface area contributed by atoms with Crippen LogP contribution in [0.3, 0.4) is 0 Å². The minimum absolute atomic E-state index is 0.310. The van der Waals surface area contributed by atoms with E-state index in [0.29, 0.717) is 17.6 Å². The van der Waals surface area contributed by atoms with Crippen LogP contribution in [0.25, 0.3) is 0 Å². The first kappa shape index (κ1) is 13.4. The van der Waals surface area contributed by atoms with Gasteiger partial charge in [0.05, 0.1) is 11.6 Å². The molecule has 1 aliphatic carbocycles. The van der Waals surface area contributed by atoms with E-state index >= 15 is 0 Å². The molecule has 0 saturated heterocycles. The molecular formula is C15H18BrNO. The summed E-state index contributed by atoms with van der Waals surface area (Å²) in [5.41, 5.74) is 0.642. The SMILES string of the molecule is CCC1CCCCC1Oc1cc(Br)cc(C#N)c1. The molecule has 2 atom stereocenters. The molecule has 2 rings (SSSR count). The van der Waals surface area contributed by atoms with E-state index in [0.717, 1.165) is 16.6 Å². The summed E-state index contributed by atoms with van der Waals surface area (Å²) in [5.74, 6) is 1.47. The second kappa shape index (κ2) is 6.24. The Bertz CT molecular complexity index is 452. The average molecular weight is 308 g/mol. The van der Waals surface area contributed by atoms with Gasteiger partial charge in [-0.2, -0.15) is 5.26 Å². The van der Waals surface area contributed by atoms with E-state index in [9.17, 15) is 0 Å². The maximum absolute atomic E-state index is 8.96. The lowest BCUT2D eigenvalue weighted by Gasteiger charge is -2.31. The number of benzene rings is 1. The zero-order chi connectivity index (χ0) is 13.0.